The smallest absolute Gasteiger partial charge is 0.376 e. The van der Waals surface area contributed by atoms with Crippen LogP contribution < -0.4 is 4.18 Å². The van der Waals surface area contributed by atoms with Crippen molar-refractivity contribution in [1.82, 2.24) is 0 Å². The average molecular weight is 292 g/mol. The molecular formula is C11H7F3O4S. The lowest BCUT2D eigenvalue weighted by atomic mass is 9.97. The van der Waals surface area contributed by atoms with Gasteiger partial charge >= 0.3 is 15.6 Å². The van der Waals surface area contributed by atoms with Crippen molar-refractivity contribution < 1.29 is 30.5 Å². The Balaban J connectivity index is 1.92. The molecule has 8 heteroatoms. The van der Waals surface area contributed by atoms with Crippen LogP contribution in [0.5, 0.6) is 5.75 Å². The van der Waals surface area contributed by atoms with Crippen molar-refractivity contribution in [3.8, 4) is 5.75 Å². The van der Waals surface area contributed by atoms with Crippen LogP contribution >= 0.6 is 0 Å². The van der Waals surface area contributed by atoms with Gasteiger partial charge in [-0.3, -0.25) is 0 Å². The number of alkyl halides is 3. The first-order valence-corrected chi connectivity index (χ1v) is 6.67. The van der Waals surface area contributed by atoms with Crippen molar-refractivity contribution in [2.45, 2.75) is 17.7 Å². The van der Waals surface area contributed by atoms with E-state index in [4.69, 9.17) is 4.74 Å². The van der Waals surface area contributed by atoms with E-state index in [2.05, 4.69) is 4.18 Å². The lowest BCUT2D eigenvalue weighted by molar-refractivity contribution is -0.0500. The molecule has 4 nitrogen and oxygen atoms in total. The van der Waals surface area contributed by atoms with Gasteiger partial charge in [0, 0.05) is 0 Å². The van der Waals surface area contributed by atoms with Gasteiger partial charge in [0.15, 0.2) is 0 Å². The monoisotopic (exact) mass is 292 g/mol. The summed E-state index contributed by atoms with van der Waals surface area (Å²) in [7, 11) is -5.64. The summed E-state index contributed by atoms with van der Waals surface area (Å²) in [6.07, 6.45) is 3.03. The number of hydrogen-bond acceptors (Lipinski definition) is 4. The van der Waals surface area contributed by atoms with Crippen LogP contribution in [0.3, 0.4) is 0 Å². The number of ether oxygens (including phenoxy) is 1. The minimum absolute atomic E-state index is 0.215. The van der Waals surface area contributed by atoms with Crippen LogP contribution in [-0.4, -0.2) is 13.9 Å². The fourth-order valence-electron chi connectivity index (χ4n) is 2.09. The summed E-state index contributed by atoms with van der Waals surface area (Å²) in [4.78, 5) is 0. The fraction of sp³-hybridized carbons (Fsp3) is 0.273. The third kappa shape index (κ3) is 1.91. The van der Waals surface area contributed by atoms with Crippen LogP contribution in [0.25, 0.3) is 0 Å². The number of fused-ring (bicyclic) bond motifs is 5. The van der Waals surface area contributed by atoms with Crippen LogP contribution in [0.4, 0.5) is 13.2 Å². The second-order valence-electron chi connectivity index (χ2n) is 4.14. The molecule has 2 heterocycles. The normalized spacial score (nSPS) is 24.6. The minimum atomic E-state index is -5.64. The summed E-state index contributed by atoms with van der Waals surface area (Å²) >= 11 is 0. The third-order valence-corrected chi connectivity index (χ3v) is 3.89. The summed E-state index contributed by atoms with van der Waals surface area (Å²) in [6.45, 7) is 0. The van der Waals surface area contributed by atoms with E-state index >= 15 is 0 Å². The van der Waals surface area contributed by atoms with E-state index in [1.807, 2.05) is 6.08 Å². The number of rotatable bonds is 2. The van der Waals surface area contributed by atoms with Gasteiger partial charge in [-0.2, -0.15) is 21.6 Å². The number of hydrogen-bond donors (Lipinski definition) is 0. The molecule has 1 aromatic carbocycles. The van der Waals surface area contributed by atoms with E-state index in [9.17, 15) is 21.6 Å². The highest BCUT2D eigenvalue weighted by Crippen LogP contribution is 2.47. The van der Waals surface area contributed by atoms with Gasteiger partial charge in [0.05, 0.1) is 0 Å². The zero-order valence-corrected chi connectivity index (χ0v) is 10.0. The molecule has 102 valence electrons. The zero-order valence-electron chi connectivity index (χ0n) is 9.22. The maximum atomic E-state index is 12.2. The van der Waals surface area contributed by atoms with Gasteiger partial charge < -0.3 is 8.92 Å². The zero-order chi connectivity index (χ0) is 13.8. The quantitative estimate of drug-likeness (QED) is 0.477. The van der Waals surface area contributed by atoms with Gasteiger partial charge in [0.1, 0.15) is 18.0 Å². The molecule has 19 heavy (non-hydrogen) atoms. The second-order valence-corrected chi connectivity index (χ2v) is 5.67. The molecule has 2 aliphatic heterocycles. The van der Waals surface area contributed by atoms with Crippen molar-refractivity contribution in [1.29, 1.82) is 0 Å². The maximum Gasteiger partial charge on any atom is 0.534 e. The predicted molar refractivity (Wildman–Crippen MR) is 57.8 cm³/mol. The Kier molecular flexibility index (Phi) is 2.45. The topological polar surface area (TPSA) is 52.6 Å². The van der Waals surface area contributed by atoms with Crippen LogP contribution in [0.1, 0.15) is 23.3 Å². The Morgan fingerprint density at radius 1 is 1.11 bits per heavy atom. The maximum absolute atomic E-state index is 12.2. The van der Waals surface area contributed by atoms with E-state index in [1.165, 1.54) is 18.2 Å². The highest BCUT2D eigenvalue weighted by molar-refractivity contribution is 7.87. The third-order valence-electron chi connectivity index (χ3n) is 2.91. The molecule has 0 aliphatic carbocycles. The molecule has 1 aromatic rings. The van der Waals surface area contributed by atoms with Gasteiger partial charge in [0.25, 0.3) is 0 Å². The van der Waals surface area contributed by atoms with E-state index in [0.717, 1.165) is 5.56 Å². The first-order chi connectivity index (χ1) is 8.78. The summed E-state index contributed by atoms with van der Waals surface area (Å²) in [5.41, 5.74) is -4.01. The molecular weight excluding hydrogens is 285 g/mol. The largest absolute Gasteiger partial charge is 0.534 e. The van der Waals surface area contributed by atoms with Crippen molar-refractivity contribution in [3.05, 3.63) is 41.5 Å². The average Bonchev–Trinajstić information content (AvgIpc) is 2.87. The molecule has 2 atom stereocenters. The molecule has 0 amide bonds. The first kappa shape index (κ1) is 12.5. The van der Waals surface area contributed by atoms with E-state index in [1.54, 1.807) is 6.08 Å². The van der Waals surface area contributed by atoms with E-state index < -0.39 is 15.6 Å². The van der Waals surface area contributed by atoms with E-state index in [0.29, 0.717) is 5.56 Å². The molecule has 0 saturated heterocycles. The molecule has 0 spiro atoms. The van der Waals surface area contributed by atoms with Crippen molar-refractivity contribution in [2.24, 2.45) is 0 Å². The lowest BCUT2D eigenvalue weighted by Crippen LogP contribution is -2.28. The van der Waals surface area contributed by atoms with Crippen molar-refractivity contribution in [2.75, 3.05) is 0 Å². The van der Waals surface area contributed by atoms with Crippen molar-refractivity contribution >= 4 is 10.1 Å². The molecule has 2 unspecified atom stereocenters. The van der Waals surface area contributed by atoms with Gasteiger partial charge in [-0.25, -0.2) is 0 Å². The molecule has 2 aliphatic rings. The minimum Gasteiger partial charge on any atom is -0.376 e. The van der Waals surface area contributed by atoms with Gasteiger partial charge in [-0.05, 0) is 23.3 Å². The van der Waals surface area contributed by atoms with Crippen LogP contribution in [-0.2, 0) is 14.9 Å². The molecule has 3 rings (SSSR count). The fourth-order valence-corrected chi connectivity index (χ4v) is 2.54. The summed E-state index contributed by atoms with van der Waals surface area (Å²) in [5, 5.41) is 0. The molecule has 0 N–H and O–H groups in total. The SMILES string of the molecule is O=S(=O)(Oc1ccc2c(c1)C1C=CC2O1)C(F)(F)F. The number of halogens is 3. The molecule has 2 bridgehead atoms. The Morgan fingerprint density at radius 2 is 1.74 bits per heavy atom. The van der Waals surface area contributed by atoms with E-state index in [-0.39, 0.29) is 18.0 Å². The Bertz CT molecular complexity index is 663. The lowest BCUT2D eigenvalue weighted by Gasteiger charge is -2.12. The van der Waals surface area contributed by atoms with Crippen LogP contribution in [0.2, 0.25) is 0 Å². The standard InChI is InChI=1S/C11H7F3O4S/c12-11(13,14)19(15,16)18-6-1-2-7-8(5-6)10-4-3-9(7)17-10/h1-5,9-10H. The number of benzene rings is 1. The van der Waals surface area contributed by atoms with Crippen LogP contribution in [0.15, 0.2) is 30.4 Å². The Labute approximate surface area is 106 Å². The summed E-state index contributed by atoms with van der Waals surface area (Å²) in [6, 6.07) is 3.94. The van der Waals surface area contributed by atoms with Gasteiger partial charge in [-0.15, -0.1) is 0 Å². The van der Waals surface area contributed by atoms with Crippen molar-refractivity contribution in [3.63, 3.8) is 0 Å². The van der Waals surface area contributed by atoms with Gasteiger partial charge in [-0.1, -0.05) is 18.2 Å². The molecule has 0 fully saturated rings. The second kappa shape index (κ2) is 3.73. The highest BCUT2D eigenvalue weighted by atomic mass is 32.2. The van der Waals surface area contributed by atoms with Crippen LogP contribution in [0, 0.1) is 0 Å². The molecule has 0 aromatic heterocycles. The predicted octanol–water partition coefficient (Wildman–Crippen LogP) is 2.60. The molecule has 0 saturated carbocycles. The summed E-state index contributed by atoms with van der Waals surface area (Å²) in [5.74, 6) is -0.374. The molecule has 0 radical (unpaired) electrons. The first-order valence-electron chi connectivity index (χ1n) is 5.26. The summed E-state index contributed by atoms with van der Waals surface area (Å²) < 4.78 is 67.9. The van der Waals surface area contributed by atoms with Gasteiger partial charge in [0.2, 0.25) is 0 Å². The Hall–Kier alpha value is -1.54. The highest BCUT2D eigenvalue weighted by Gasteiger charge is 2.48. The Morgan fingerprint density at radius 3 is 2.37 bits per heavy atom.